The lowest BCUT2D eigenvalue weighted by atomic mass is 10.1. The molecule has 0 aliphatic rings. The number of carboxylic acid groups (broad SMARTS) is 1. The number of hydrogen-bond donors (Lipinski definition) is 2. The predicted molar refractivity (Wildman–Crippen MR) is 93.9 cm³/mol. The van der Waals surface area contributed by atoms with E-state index in [2.05, 4.69) is 17.2 Å². The molecule has 134 valence electrons. The molecule has 0 bridgehead atoms. The Labute approximate surface area is 150 Å². The normalized spacial score (nSPS) is 9.73. The third-order valence-corrected chi connectivity index (χ3v) is 3.35. The first kappa shape index (κ1) is 19.0. The zero-order chi connectivity index (χ0) is 18.8. The lowest BCUT2D eigenvalue weighted by Crippen LogP contribution is -2.24. The standard InChI is InChI=1S/C20H18FNO4/c21-18-10-9-15(12-17(18)13-19(23)24)6-4-5-11-22-20(25)26-14-16-7-2-1-3-8-16/h1-3,7-10,12H,5,11,13-14H2,(H,22,25)(H,23,24). The van der Waals surface area contributed by atoms with E-state index in [9.17, 15) is 14.0 Å². The zero-order valence-corrected chi connectivity index (χ0v) is 14.0. The minimum absolute atomic E-state index is 0.0897. The average Bonchev–Trinajstić information content (AvgIpc) is 2.63. The fourth-order valence-corrected chi connectivity index (χ4v) is 2.12. The first-order valence-corrected chi connectivity index (χ1v) is 7.98. The fraction of sp³-hybridized carbons (Fsp3) is 0.200. The molecule has 0 atom stereocenters. The van der Waals surface area contributed by atoms with E-state index >= 15 is 0 Å². The maximum Gasteiger partial charge on any atom is 0.407 e. The van der Waals surface area contributed by atoms with Crippen LogP contribution < -0.4 is 5.32 Å². The molecule has 5 nitrogen and oxygen atoms in total. The van der Waals surface area contributed by atoms with Crippen molar-refractivity contribution in [2.24, 2.45) is 0 Å². The van der Waals surface area contributed by atoms with Crippen LogP contribution >= 0.6 is 0 Å². The average molecular weight is 355 g/mol. The summed E-state index contributed by atoms with van der Waals surface area (Å²) in [5, 5.41) is 11.3. The summed E-state index contributed by atoms with van der Waals surface area (Å²) >= 11 is 0. The largest absolute Gasteiger partial charge is 0.481 e. The van der Waals surface area contributed by atoms with E-state index in [1.807, 2.05) is 30.3 Å². The van der Waals surface area contributed by atoms with E-state index in [4.69, 9.17) is 9.84 Å². The lowest BCUT2D eigenvalue weighted by molar-refractivity contribution is -0.136. The van der Waals surface area contributed by atoms with Crippen LogP contribution in [0.15, 0.2) is 48.5 Å². The number of halogens is 1. The van der Waals surface area contributed by atoms with Crippen LogP contribution in [0.2, 0.25) is 0 Å². The summed E-state index contributed by atoms with van der Waals surface area (Å²) in [4.78, 5) is 22.2. The monoisotopic (exact) mass is 355 g/mol. The molecular formula is C20H18FNO4. The summed E-state index contributed by atoms with van der Waals surface area (Å²) in [5.74, 6) is 3.98. The van der Waals surface area contributed by atoms with Crippen LogP contribution in [0.25, 0.3) is 0 Å². The topological polar surface area (TPSA) is 75.6 Å². The highest BCUT2D eigenvalue weighted by molar-refractivity contribution is 5.70. The van der Waals surface area contributed by atoms with Gasteiger partial charge in [0.1, 0.15) is 12.4 Å². The molecule has 0 aliphatic heterocycles. The van der Waals surface area contributed by atoms with E-state index in [1.54, 1.807) is 0 Å². The third kappa shape index (κ3) is 6.65. The van der Waals surface area contributed by atoms with Gasteiger partial charge in [0.25, 0.3) is 0 Å². The van der Waals surface area contributed by atoms with Gasteiger partial charge in [0, 0.05) is 24.1 Å². The molecule has 0 fully saturated rings. The highest BCUT2D eigenvalue weighted by Gasteiger charge is 2.07. The lowest BCUT2D eigenvalue weighted by Gasteiger charge is -2.05. The van der Waals surface area contributed by atoms with Gasteiger partial charge in [-0.05, 0) is 23.8 Å². The van der Waals surface area contributed by atoms with Gasteiger partial charge >= 0.3 is 12.1 Å². The fourth-order valence-electron chi connectivity index (χ4n) is 2.12. The van der Waals surface area contributed by atoms with Crippen LogP contribution in [0, 0.1) is 17.7 Å². The van der Waals surface area contributed by atoms with E-state index in [1.165, 1.54) is 18.2 Å². The number of hydrogen-bond acceptors (Lipinski definition) is 3. The maximum absolute atomic E-state index is 13.5. The molecule has 1 amide bonds. The van der Waals surface area contributed by atoms with Gasteiger partial charge in [0.05, 0.1) is 6.42 Å². The van der Waals surface area contributed by atoms with Crippen molar-refractivity contribution in [2.45, 2.75) is 19.4 Å². The molecule has 0 unspecified atom stereocenters. The number of carbonyl (C=O) groups is 2. The molecule has 0 aliphatic carbocycles. The van der Waals surface area contributed by atoms with Gasteiger partial charge in [-0.3, -0.25) is 4.79 Å². The third-order valence-electron chi connectivity index (χ3n) is 3.35. The second kappa shape index (κ2) is 9.84. The van der Waals surface area contributed by atoms with Gasteiger partial charge in [-0.2, -0.15) is 0 Å². The molecular weight excluding hydrogens is 337 g/mol. The quantitative estimate of drug-likeness (QED) is 0.617. The van der Waals surface area contributed by atoms with Crippen molar-refractivity contribution in [2.75, 3.05) is 6.54 Å². The zero-order valence-electron chi connectivity index (χ0n) is 14.0. The summed E-state index contributed by atoms with van der Waals surface area (Å²) in [6.07, 6.45) is -0.538. The number of carbonyl (C=O) groups excluding carboxylic acids is 1. The van der Waals surface area contributed by atoms with Crippen molar-refractivity contribution < 1.29 is 23.8 Å². The van der Waals surface area contributed by atoms with Crippen LogP contribution in [-0.2, 0) is 22.6 Å². The summed E-state index contributed by atoms with van der Waals surface area (Å²) in [7, 11) is 0. The molecule has 2 rings (SSSR count). The van der Waals surface area contributed by atoms with Crippen molar-refractivity contribution in [3.8, 4) is 11.8 Å². The summed E-state index contributed by atoms with van der Waals surface area (Å²) in [5.41, 5.74) is 1.51. The molecule has 2 aromatic carbocycles. The second-order valence-corrected chi connectivity index (χ2v) is 5.42. The van der Waals surface area contributed by atoms with Gasteiger partial charge < -0.3 is 15.2 Å². The summed E-state index contributed by atoms with van der Waals surface area (Å²) < 4.78 is 18.5. The van der Waals surface area contributed by atoms with Crippen LogP contribution in [0.1, 0.15) is 23.1 Å². The number of rotatable bonds is 6. The molecule has 0 saturated carbocycles. The van der Waals surface area contributed by atoms with Crippen molar-refractivity contribution in [3.63, 3.8) is 0 Å². The van der Waals surface area contributed by atoms with E-state index in [0.29, 0.717) is 18.5 Å². The first-order valence-electron chi connectivity index (χ1n) is 7.98. The van der Waals surface area contributed by atoms with Crippen LogP contribution in [0.4, 0.5) is 9.18 Å². The highest BCUT2D eigenvalue weighted by atomic mass is 19.1. The Morgan fingerprint density at radius 3 is 2.65 bits per heavy atom. The Hall–Kier alpha value is -3.33. The first-order chi connectivity index (χ1) is 12.5. The second-order valence-electron chi connectivity index (χ2n) is 5.42. The number of nitrogens with one attached hydrogen (secondary N) is 1. The number of aliphatic carboxylic acids is 1. The minimum Gasteiger partial charge on any atom is -0.481 e. The number of ether oxygens (including phenoxy) is 1. The van der Waals surface area contributed by atoms with Crippen LogP contribution in [-0.4, -0.2) is 23.7 Å². The van der Waals surface area contributed by atoms with Crippen LogP contribution in [0.3, 0.4) is 0 Å². The molecule has 2 aromatic rings. The van der Waals surface area contributed by atoms with Gasteiger partial charge in [-0.15, -0.1) is 0 Å². The van der Waals surface area contributed by atoms with Crippen molar-refractivity contribution in [1.82, 2.24) is 5.32 Å². The Morgan fingerprint density at radius 1 is 1.15 bits per heavy atom. The van der Waals surface area contributed by atoms with Crippen molar-refractivity contribution >= 4 is 12.1 Å². The van der Waals surface area contributed by atoms with Gasteiger partial charge in [0.2, 0.25) is 0 Å². The number of alkyl carbamates (subject to hydrolysis) is 1. The van der Waals surface area contributed by atoms with Gasteiger partial charge in [-0.1, -0.05) is 42.2 Å². The SMILES string of the molecule is O=C(O)Cc1cc(C#CCCNC(=O)OCc2ccccc2)ccc1F. The van der Waals surface area contributed by atoms with Crippen molar-refractivity contribution in [1.29, 1.82) is 0 Å². The highest BCUT2D eigenvalue weighted by Crippen LogP contribution is 2.11. The molecule has 0 spiro atoms. The Balaban J connectivity index is 1.74. The molecule has 6 heteroatoms. The van der Waals surface area contributed by atoms with Gasteiger partial charge in [-0.25, -0.2) is 9.18 Å². The maximum atomic E-state index is 13.5. The van der Waals surface area contributed by atoms with E-state index < -0.39 is 24.3 Å². The number of amides is 1. The minimum atomic E-state index is -1.10. The Kier molecular flexibility index (Phi) is 7.19. The molecule has 0 heterocycles. The molecule has 0 aromatic heterocycles. The molecule has 2 N–H and O–H groups in total. The Morgan fingerprint density at radius 2 is 1.92 bits per heavy atom. The number of carboxylic acids is 1. The Bertz CT molecular complexity index is 825. The summed E-state index contributed by atoms with van der Waals surface area (Å²) in [6.45, 7) is 0.504. The van der Waals surface area contributed by atoms with Gasteiger partial charge in [0.15, 0.2) is 0 Å². The molecule has 26 heavy (non-hydrogen) atoms. The number of benzene rings is 2. The molecule has 0 radical (unpaired) electrons. The van der Waals surface area contributed by atoms with Crippen molar-refractivity contribution in [3.05, 3.63) is 71.0 Å². The summed E-state index contributed by atoms with van der Waals surface area (Å²) in [6, 6.07) is 13.4. The van der Waals surface area contributed by atoms with E-state index in [0.717, 1.165) is 5.56 Å². The van der Waals surface area contributed by atoms with Crippen LogP contribution in [0.5, 0.6) is 0 Å². The molecule has 0 saturated heterocycles. The van der Waals surface area contributed by atoms with E-state index in [-0.39, 0.29) is 12.2 Å². The predicted octanol–water partition coefficient (Wildman–Crippen LogP) is 3.12. The smallest absolute Gasteiger partial charge is 0.407 e.